The highest BCUT2D eigenvalue weighted by molar-refractivity contribution is 5.79. The molecule has 0 bridgehead atoms. The predicted octanol–water partition coefficient (Wildman–Crippen LogP) is 5.43. The fraction of sp³-hybridized carbons (Fsp3) is 0.533. The summed E-state index contributed by atoms with van der Waals surface area (Å²) in [6.45, 7) is 7.86. The van der Waals surface area contributed by atoms with Gasteiger partial charge in [-0.05, 0) is 76.3 Å². The average Bonchev–Trinajstić information content (AvgIpc) is 2.91. The van der Waals surface area contributed by atoms with Crippen LogP contribution in [0.4, 0.5) is 9.18 Å². The number of nitrogens with zero attached hydrogens (tertiary/aromatic N) is 2. The molecular weight excluding hydrogens is 487 g/mol. The summed E-state index contributed by atoms with van der Waals surface area (Å²) in [6.07, 6.45) is 2.28. The van der Waals surface area contributed by atoms with Crippen LogP contribution in [0.25, 0.3) is 0 Å². The zero-order chi connectivity index (χ0) is 27.1. The van der Waals surface area contributed by atoms with Crippen molar-refractivity contribution in [1.29, 1.82) is 0 Å². The van der Waals surface area contributed by atoms with Crippen LogP contribution in [-0.2, 0) is 20.8 Å². The van der Waals surface area contributed by atoms with Gasteiger partial charge in [0.1, 0.15) is 29.9 Å². The number of carbonyl (C=O) groups excluding carboxylic acids is 2. The minimum absolute atomic E-state index is 0.0457. The Hall–Kier alpha value is -3.13. The van der Waals surface area contributed by atoms with Crippen LogP contribution in [0.15, 0.2) is 54.6 Å². The Bertz CT molecular complexity index is 1050. The van der Waals surface area contributed by atoms with Crippen molar-refractivity contribution < 1.29 is 28.2 Å². The molecular formula is C30H39FN2O5. The Labute approximate surface area is 224 Å². The molecule has 1 saturated carbocycles. The molecule has 206 valence electrons. The van der Waals surface area contributed by atoms with Crippen LogP contribution in [0, 0.1) is 11.7 Å². The first-order valence-electron chi connectivity index (χ1n) is 13.5. The zero-order valence-electron chi connectivity index (χ0n) is 22.6. The molecule has 2 fully saturated rings. The third-order valence-corrected chi connectivity index (χ3v) is 7.01. The van der Waals surface area contributed by atoms with Gasteiger partial charge in [0.2, 0.25) is 5.91 Å². The second-order valence-electron chi connectivity index (χ2n) is 11.1. The summed E-state index contributed by atoms with van der Waals surface area (Å²) >= 11 is 0. The molecule has 38 heavy (non-hydrogen) atoms. The van der Waals surface area contributed by atoms with E-state index in [1.807, 2.05) is 56.0 Å². The van der Waals surface area contributed by atoms with Crippen molar-refractivity contribution in [2.75, 3.05) is 26.3 Å². The first-order valence-corrected chi connectivity index (χ1v) is 13.5. The van der Waals surface area contributed by atoms with Gasteiger partial charge in [-0.1, -0.05) is 30.3 Å². The summed E-state index contributed by atoms with van der Waals surface area (Å²) in [5.41, 5.74) is 0.218. The van der Waals surface area contributed by atoms with E-state index in [4.69, 9.17) is 14.2 Å². The minimum Gasteiger partial charge on any atom is -0.491 e. The van der Waals surface area contributed by atoms with Gasteiger partial charge in [0.15, 0.2) is 0 Å². The van der Waals surface area contributed by atoms with Gasteiger partial charge in [0.25, 0.3) is 0 Å². The number of para-hydroxylation sites is 1. The first kappa shape index (κ1) is 27.9. The molecule has 7 nitrogen and oxygen atoms in total. The minimum atomic E-state index is -0.623. The molecule has 0 N–H and O–H groups in total. The van der Waals surface area contributed by atoms with E-state index in [9.17, 15) is 14.0 Å². The van der Waals surface area contributed by atoms with Crippen LogP contribution >= 0.6 is 0 Å². The largest absolute Gasteiger partial charge is 0.491 e. The average molecular weight is 527 g/mol. The normalized spacial score (nSPS) is 22.0. The summed E-state index contributed by atoms with van der Waals surface area (Å²) in [7, 11) is 0. The molecule has 2 aromatic carbocycles. The third-order valence-electron chi connectivity index (χ3n) is 7.01. The van der Waals surface area contributed by atoms with E-state index in [2.05, 4.69) is 0 Å². The number of hydrogen-bond acceptors (Lipinski definition) is 5. The highest BCUT2D eigenvalue weighted by atomic mass is 19.1. The van der Waals surface area contributed by atoms with Crippen molar-refractivity contribution in [2.45, 2.75) is 70.7 Å². The van der Waals surface area contributed by atoms with E-state index in [-0.39, 0.29) is 35.9 Å². The number of halogens is 1. The molecule has 1 saturated heterocycles. The number of hydrogen-bond donors (Lipinski definition) is 0. The molecule has 2 amide bonds. The molecule has 1 aliphatic carbocycles. The van der Waals surface area contributed by atoms with E-state index in [1.165, 1.54) is 12.1 Å². The molecule has 1 atom stereocenters. The summed E-state index contributed by atoms with van der Waals surface area (Å²) < 4.78 is 30.8. The second kappa shape index (κ2) is 12.6. The molecule has 0 aromatic heterocycles. The number of benzene rings is 2. The fourth-order valence-corrected chi connectivity index (χ4v) is 5.07. The van der Waals surface area contributed by atoms with Gasteiger partial charge < -0.3 is 24.0 Å². The highest BCUT2D eigenvalue weighted by Gasteiger charge is 2.36. The van der Waals surface area contributed by atoms with E-state index in [1.54, 1.807) is 17.0 Å². The van der Waals surface area contributed by atoms with Crippen LogP contribution in [0.5, 0.6) is 5.75 Å². The zero-order valence-corrected chi connectivity index (χ0v) is 22.6. The molecule has 1 aliphatic heterocycles. The second-order valence-corrected chi connectivity index (χ2v) is 11.1. The maximum atomic E-state index is 13.4. The lowest BCUT2D eigenvalue weighted by Crippen LogP contribution is -2.51. The van der Waals surface area contributed by atoms with E-state index in [0.29, 0.717) is 58.5 Å². The van der Waals surface area contributed by atoms with Crippen LogP contribution in [0.2, 0.25) is 0 Å². The van der Waals surface area contributed by atoms with Gasteiger partial charge in [0.05, 0.1) is 13.2 Å². The summed E-state index contributed by atoms with van der Waals surface area (Å²) in [4.78, 5) is 30.1. The SMILES string of the molecule is CC(C)(C)OC(=O)N(Cc1ccc(F)cc1)C1CCC(C(=O)N2CCO[C@H](COc3ccccc3)C2)CC1. The third kappa shape index (κ3) is 7.93. The van der Waals surface area contributed by atoms with Crippen molar-refractivity contribution in [3.63, 3.8) is 0 Å². The van der Waals surface area contributed by atoms with Crippen molar-refractivity contribution in [3.05, 3.63) is 66.0 Å². The lowest BCUT2D eigenvalue weighted by molar-refractivity contribution is -0.145. The first-order chi connectivity index (χ1) is 18.2. The lowest BCUT2D eigenvalue weighted by Gasteiger charge is -2.39. The van der Waals surface area contributed by atoms with Crippen molar-refractivity contribution >= 4 is 12.0 Å². The maximum Gasteiger partial charge on any atom is 0.410 e. The Balaban J connectivity index is 1.32. The fourth-order valence-electron chi connectivity index (χ4n) is 5.07. The quantitative estimate of drug-likeness (QED) is 0.481. The van der Waals surface area contributed by atoms with Crippen LogP contribution < -0.4 is 4.74 Å². The monoisotopic (exact) mass is 526 g/mol. The Kier molecular flexibility index (Phi) is 9.26. The van der Waals surface area contributed by atoms with Gasteiger partial charge in [-0.2, -0.15) is 0 Å². The maximum absolute atomic E-state index is 13.4. The summed E-state index contributed by atoms with van der Waals surface area (Å²) in [6, 6.07) is 15.7. The predicted molar refractivity (Wildman–Crippen MR) is 142 cm³/mol. The van der Waals surface area contributed by atoms with Gasteiger partial charge in [-0.25, -0.2) is 9.18 Å². The van der Waals surface area contributed by atoms with Crippen molar-refractivity contribution in [1.82, 2.24) is 9.80 Å². The molecule has 2 aliphatic rings. The van der Waals surface area contributed by atoms with E-state index in [0.717, 1.165) is 11.3 Å². The molecule has 4 rings (SSSR count). The lowest BCUT2D eigenvalue weighted by atomic mass is 9.84. The molecule has 1 heterocycles. The van der Waals surface area contributed by atoms with Gasteiger partial charge in [0, 0.05) is 25.0 Å². The number of carbonyl (C=O) groups is 2. The highest BCUT2D eigenvalue weighted by Crippen LogP contribution is 2.31. The van der Waals surface area contributed by atoms with Crippen molar-refractivity contribution in [3.8, 4) is 5.75 Å². The van der Waals surface area contributed by atoms with E-state index < -0.39 is 5.60 Å². The van der Waals surface area contributed by atoms with Gasteiger partial charge in [-0.15, -0.1) is 0 Å². The number of amides is 2. The smallest absolute Gasteiger partial charge is 0.410 e. The van der Waals surface area contributed by atoms with Gasteiger partial charge >= 0.3 is 6.09 Å². The van der Waals surface area contributed by atoms with Crippen LogP contribution in [0.3, 0.4) is 0 Å². The summed E-state index contributed by atoms with van der Waals surface area (Å²) in [5.74, 6) is 0.548. The molecule has 0 unspecified atom stereocenters. The molecule has 0 radical (unpaired) electrons. The van der Waals surface area contributed by atoms with Gasteiger partial charge in [-0.3, -0.25) is 4.79 Å². The number of morpholine rings is 1. The standard InChI is InChI=1S/C30H39FN2O5/c1-30(2,3)38-29(35)33(19-22-9-13-24(31)14-10-22)25-15-11-23(12-16-25)28(34)32-17-18-36-27(20-32)21-37-26-7-5-4-6-8-26/h4-10,13-14,23,25,27H,11-12,15-21H2,1-3H3/t23?,25?,27-/m0/s1. The molecule has 2 aromatic rings. The Morgan fingerprint density at radius 1 is 1.03 bits per heavy atom. The number of ether oxygens (including phenoxy) is 3. The van der Waals surface area contributed by atoms with Crippen molar-refractivity contribution in [2.24, 2.45) is 5.92 Å². The number of rotatable bonds is 7. The van der Waals surface area contributed by atoms with E-state index >= 15 is 0 Å². The Morgan fingerprint density at radius 2 is 1.71 bits per heavy atom. The Morgan fingerprint density at radius 3 is 2.37 bits per heavy atom. The van der Waals surface area contributed by atoms with Crippen LogP contribution in [-0.4, -0.2) is 65.9 Å². The van der Waals surface area contributed by atoms with Crippen LogP contribution in [0.1, 0.15) is 52.0 Å². The molecule has 0 spiro atoms. The summed E-state index contributed by atoms with van der Waals surface area (Å²) in [5, 5.41) is 0. The topological polar surface area (TPSA) is 68.3 Å². The molecule has 8 heteroatoms.